The van der Waals surface area contributed by atoms with E-state index in [1.54, 1.807) is 37.3 Å². The first-order chi connectivity index (χ1) is 9.06. The first-order valence-electron chi connectivity index (χ1n) is 5.73. The molecule has 1 atom stereocenters. The van der Waals surface area contributed by atoms with E-state index in [-0.39, 0.29) is 11.8 Å². The van der Waals surface area contributed by atoms with Crippen LogP contribution in [0.4, 0.5) is 5.82 Å². The molecule has 0 bridgehead atoms. The maximum Gasteiger partial charge on any atom is 0.265 e. The predicted octanol–water partition coefficient (Wildman–Crippen LogP) is 2.22. The molecule has 2 aromatic rings. The highest BCUT2D eigenvalue weighted by molar-refractivity contribution is 6.30. The van der Waals surface area contributed by atoms with Crippen molar-refractivity contribution in [3.63, 3.8) is 0 Å². The summed E-state index contributed by atoms with van der Waals surface area (Å²) in [6.07, 6.45) is 0. The molecule has 1 aliphatic heterocycles. The Morgan fingerprint density at radius 3 is 2.84 bits per heavy atom. The fraction of sp³-hybridized carbons (Fsp3) is 0.154. The van der Waals surface area contributed by atoms with Gasteiger partial charge in [0.15, 0.2) is 0 Å². The van der Waals surface area contributed by atoms with Crippen LogP contribution in [0.25, 0.3) is 0 Å². The number of aromatic nitrogens is 2. The second-order valence-corrected chi connectivity index (χ2v) is 4.83. The van der Waals surface area contributed by atoms with Crippen LogP contribution < -0.4 is 5.32 Å². The lowest BCUT2D eigenvalue weighted by atomic mass is 9.96. The average Bonchev–Trinajstić information content (AvgIpc) is 2.70. The number of amides is 1. The van der Waals surface area contributed by atoms with E-state index in [0.29, 0.717) is 22.1 Å². The smallest absolute Gasteiger partial charge is 0.265 e. The summed E-state index contributed by atoms with van der Waals surface area (Å²) in [5, 5.41) is 7.25. The summed E-state index contributed by atoms with van der Waals surface area (Å²) >= 11 is 5.90. The van der Waals surface area contributed by atoms with E-state index >= 15 is 0 Å². The van der Waals surface area contributed by atoms with Crippen LogP contribution >= 0.6 is 11.6 Å². The van der Waals surface area contributed by atoms with Crippen molar-refractivity contribution in [2.24, 2.45) is 0 Å². The molecule has 1 amide bonds. The summed E-state index contributed by atoms with van der Waals surface area (Å²) in [5.41, 5.74) is 1.24. The highest BCUT2D eigenvalue weighted by Crippen LogP contribution is 2.28. The van der Waals surface area contributed by atoms with Crippen LogP contribution in [0.2, 0.25) is 5.02 Å². The monoisotopic (exact) mass is 275 g/mol. The number of carbonyl (C=O) groups excluding carboxylic acids is 2. The number of halogens is 1. The molecule has 6 heteroatoms. The third kappa shape index (κ3) is 1.92. The SMILES string of the molecule is Cc1cc2n(n1)C(=O)C(c1cccc(Cl)c1)C(=O)N2. The number of anilines is 1. The number of fused-ring (bicyclic) bond motifs is 1. The minimum atomic E-state index is -0.912. The van der Waals surface area contributed by atoms with Gasteiger partial charge in [-0.05, 0) is 24.6 Å². The van der Waals surface area contributed by atoms with Crippen molar-refractivity contribution in [3.8, 4) is 0 Å². The molecule has 1 aliphatic rings. The second-order valence-electron chi connectivity index (χ2n) is 4.40. The van der Waals surface area contributed by atoms with Crippen LogP contribution in [-0.2, 0) is 4.79 Å². The van der Waals surface area contributed by atoms with Gasteiger partial charge >= 0.3 is 0 Å². The van der Waals surface area contributed by atoms with Crippen LogP contribution in [0.15, 0.2) is 30.3 Å². The molecule has 1 unspecified atom stereocenters. The number of hydrogen-bond donors (Lipinski definition) is 1. The Bertz CT molecular complexity index is 693. The van der Waals surface area contributed by atoms with E-state index in [2.05, 4.69) is 10.4 Å². The quantitative estimate of drug-likeness (QED) is 0.812. The molecular formula is C13H10ClN3O2. The van der Waals surface area contributed by atoms with Crippen molar-refractivity contribution in [2.45, 2.75) is 12.8 Å². The first kappa shape index (κ1) is 11.9. The second kappa shape index (κ2) is 4.20. The van der Waals surface area contributed by atoms with Crippen molar-refractivity contribution in [2.75, 3.05) is 5.32 Å². The molecule has 3 rings (SSSR count). The van der Waals surface area contributed by atoms with Crippen molar-refractivity contribution >= 4 is 29.2 Å². The number of nitrogens with zero attached hydrogens (tertiary/aromatic N) is 2. The molecule has 0 saturated carbocycles. The van der Waals surface area contributed by atoms with E-state index in [1.165, 1.54) is 4.68 Å². The maximum absolute atomic E-state index is 12.3. The van der Waals surface area contributed by atoms with Crippen molar-refractivity contribution in [1.29, 1.82) is 0 Å². The van der Waals surface area contributed by atoms with Crippen LogP contribution in [0, 0.1) is 6.92 Å². The Kier molecular flexibility index (Phi) is 2.64. The molecule has 1 aromatic carbocycles. The summed E-state index contributed by atoms with van der Waals surface area (Å²) < 4.78 is 1.22. The van der Waals surface area contributed by atoms with Gasteiger partial charge in [-0.15, -0.1) is 0 Å². The van der Waals surface area contributed by atoms with Gasteiger partial charge in [0.25, 0.3) is 5.91 Å². The molecule has 5 nitrogen and oxygen atoms in total. The van der Waals surface area contributed by atoms with Gasteiger partial charge in [-0.3, -0.25) is 9.59 Å². The Morgan fingerprint density at radius 1 is 1.32 bits per heavy atom. The number of benzene rings is 1. The summed E-state index contributed by atoms with van der Waals surface area (Å²) in [6.45, 7) is 1.76. The van der Waals surface area contributed by atoms with Crippen LogP contribution in [0.5, 0.6) is 0 Å². The fourth-order valence-corrected chi connectivity index (χ4v) is 2.37. The van der Waals surface area contributed by atoms with E-state index in [1.807, 2.05) is 0 Å². The van der Waals surface area contributed by atoms with Gasteiger partial charge in [-0.25, -0.2) is 0 Å². The topological polar surface area (TPSA) is 64.0 Å². The van der Waals surface area contributed by atoms with Gasteiger partial charge < -0.3 is 5.32 Å². The lowest BCUT2D eigenvalue weighted by molar-refractivity contribution is -0.117. The van der Waals surface area contributed by atoms with Crippen molar-refractivity contribution in [1.82, 2.24) is 9.78 Å². The minimum Gasteiger partial charge on any atom is -0.309 e. The van der Waals surface area contributed by atoms with E-state index in [0.717, 1.165) is 0 Å². The predicted molar refractivity (Wildman–Crippen MR) is 70.4 cm³/mol. The Morgan fingerprint density at radius 2 is 2.11 bits per heavy atom. The zero-order valence-corrected chi connectivity index (χ0v) is 10.8. The van der Waals surface area contributed by atoms with Gasteiger partial charge in [-0.1, -0.05) is 23.7 Å². The van der Waals surface area contributed by atoms with Crippen LogP contribution in [0.1, 0.15) is 22.0 Å². The number of rotatable bonds is 1. The van der Waals surface area contributed by atoms with E-state index in [4.69, 9.17) is 11.6 Å². The zero-order chi connectivity index (χ0) is 13.6. The van der Waals surface area contributed by atoms with Crippen LogP contribution in [-0.4, -0.2) is 21.6 Å². The van der Waals surface area contributed by atoms with Gasteiger partial charge in [0.1, 0.15) is 11.7 Å². The Labute approximate surface area is 114 Å². The molecule has 2 heterocycles. The zero-order valence-electron chi connectivity index (χ0n) is 10.1. The number of hydrogen-bond acceptors (Lipinski definition) is 3. The average molecular weight is 276 g/mol. The third-order valence-corrected chi connectivity index (χ3v) is 3.22. The number of carbonyl (C=O) groups is 2. The molecule has 19 heavy (non-hydrogen) atoms. The molecule has 0 aliphatic carbocycles. The van der Waals surface area contributed by atoms with Gasteiger partial charge in [-0.2, -0.15) is 9.78 Å². The fourth-order valence-electron chi connectivity index (χ4n) is 2.17. The van der Waals surface area contributed by atoms with Gasteiger partial charge in [0, 0.05) is 11.1 Å². The largest absolute Gasteiger partial charge is 0.309 e. The molecule has 1 aromatic heterocycles. The number of nitrogens with one attached hydrogen (secondary N) is 1. The maximum atomic E-state index is 12.3. The summed E-state index contributed by atoms with van der Waals surface area (Å²) in [7, 11) is 0. The van der Waals surface area contributed by atoms with Crippen molar-refractivity contribution < 1.29 is 9.59 Å². The van der Waals surface area contributed by atoms with E-state index in [9.17, 15) is 9.59 Å². The molecule has 0 fully saturated rings. The van der Waals surface area contributed by atoms with Crippen molar-refractivity contribution in [3.05, 3.63) is 46.6 Å². The van der Waals surface area contributed by atoms with E-state index < -0.39 is 5.92 Å². The molecule has 0 spiro atoms. The third-order valence-electron chi connectivity index (χ3n) is 2.98. The highest BCUT2D eigenvalue weighted by atomic mass is 35.5. The first-order valence-corrected chi connectivity index (χ1v) is 6.11. The lowest BCUT2D eigenvalue weighted by Crippen LogP contribution is -2.38. The normalized spacial score (nSPS) is 18.1. The standard InChI is InChI=1S/C13H10ClN3O2/c1-7-5-10-15-12(18)11(13(19)17(10)16-7)8-3-2-4-9(14)6-8/h2-6,11H,1H3,(H,15,18). The van der Waals surface area contributed by atoms with Crippen LogP contribution in [0.3, 0.4) is 0 Å². The number of aryl methyl sites for hydroxylation is 1. The lowest BCUT2D eigenvalue weighted by Gasteiger charge is -2.22. The summed E-state index contributed by atoms with van der Waals surface area (Å²) in [5.74, 6) is -1.23. The molecule has 1 N–H and O–H groups in total. The van der Waals surface area contributed by atoms with Gasteiger partial charge in [0.05, 0.1) is 5.69 Å². The highest BCUT2D eigenvalue weighted by Gasteiger charge is 2.36. The van der Waals surface area contributed by atoms with Gasteiger partial charge in [0.2, 0.25) is 5.91 Å². The molecule has 0 radical (unpaired) electrons. The Hall–Kier alpha value is -2.14. The molecule has 0 saturated heterocycles. The summed E-state index contributed by atoms with van der Waals surface area (Å²) in [4.78, 5) is 24.4. The molecular weight excluding hydrogens is 266 g/mol. The Balaban J connectivity index is 2.09. The minimum absolute atomic E-state index is 0.361. The molecule has 96 valence electrons. The summed E-state index contributed by atoms with van der Waals surface area (Å²) in [6, 6.07) is 8.38.